The number of carbonyl (C=O) groups excluding carboxylic acids is 2. The predicted octanol–water partition coefficient (Wildman–Crippen LogP) is 0.876. The zero-order valence-corrected chi connectivity index (χ0v) is 15.3. The van der Waals surface area contributed by atoms with Gasteiger partial charge < -0.3 is 10.9 Å². The monoisotopic (exact) mass is 386 g/mol. The number of hydrogen-bond acceptors (Lipinski definition) is 6. The molecule has 1 unspecified atom stereocenters. The fraction of sp³-hybridized carbons (Fsp3) is 0.222. The summed E-state index contributed by atoms with van der Waals surface area (Å²) in [6, 6.07) is 7.09. The van der Waals surface area contributed by atoms with Gasteiger partial charge in [0, 0.05) is 18.7 Å². The van der Waals surface area contributed by atoms with Crippen LogP contribution in [-0.4, -0.2) is 38.7 Å². The van der Waals surface area contributed by atoms with Gasteiger partial charge in [0.2, 0.25) is 0 Å². The molecule has 0 spiro atoms. The van der Waals surface area contributed by atoms with Gasteiger partial charge in [-0.3, -0.25) is 10.2 Å². The average molecular weight is 386 g/mol. The number of nitrogens with one attached hydrogen (secondary N) is 2. The van der Waals surface area contributed by atoms with Crippen LogP contribution in [-0.2, 0) is 0 Å². The number of hydrazine groups is 1. The van der Waals surface area contributed by atoms with Crippen molar-refractivity contribution in [3.63, 3.8) is 0 Å². The van der Waals surface area contributed by atoms with Gasteiger partial charge in [0.15, 0.2) is 5.69 Å². The van der Waals surface area contributed by atoms with E-state index >= 15 is 0 Å². The number of quaternary nitrogens is 1. The molecule has 0 fully saturated rings. The molecule has 0 saturated heterocycles. The van der Waals surface area contributed by atoms with E-state index < -0.39 is 17.2 Å². The minimum atomic E-state index is -1.02. The second-order valence-electron chi connectivity index (χ2n) is 5.88. The van der Waals surface area contributed by atoms with E-state index in [1.807, 2.05) is 6.92 Å². The maximum absolute atomic E-state index is 12.3. The van der Waals surface area contributed by atoms with Crippen LogP contribution in [0.4, 0.5) is 10.5 Å². The van der Waals surface area contributed by atoms with Crippen LogP contribution < -0.4 is 16.4 Å². The van der Waals surface area contributed by atoms with E-state index in [-0.39, 0.29) is 11.4 Å². The van der Waals surface area contributed by atoms with Crippen molar-refractivity contribution in [1.82, 2.24) is 20.4 Å². The number of amides is 3. The molecule has 1 aromatic carbocycles. The highest BCUT2D eigenvalue weighted by Gasteiger charge is 2.15. The summed E-state index contributed by atoms with van der Waals surface area (Å²) in [5.41, 5.74) is 9.05. The summed E-state index contributed by atoms with van der Waals surface area (Å²) in [6.45, 7) is 2.26. The predicted molar refractivity (Wildman–Crippen MR) is 102 cm³/mol. The lowest BCUT2D eigenvalue weighted by atomic mass is 10.1. The summed E-state index contributed by atoms with van der Waals surface area (Å²) < 4.78 is 0. The number of nitrogens with two attached hydrogens (primary N) is 1. The lowest BCUT2D eigenvalue weighted by Gasteiger charge is -2.20. The van der Waals surface area contributed by atoms with Crippen molar-refractivity contribution in [2.24, 2.45) is 5.73 Å². The molecule has 0 saturated carbocycles. The van der Waals surface area contributed by atoms with E-state index in [0.29, 0.717) is 24.2 Å². The van der Waals surface area contributed by atoms with Gasteiger partial charge in [0.1, 0.15) is 12.0 Å². The molecule has 0 aliphatic rings. The maximum Gasteiger partial charge on any atom is 0.333 e. The van der Waals surface area contributed by atoms with Crippen LogP contribution in [0.25, 0.3) is 12.2 Å². The zero-order chi connectivity index (χ0) is 20.5. The van der Waals surface area contributed by atoms with E-state index in [2.05, 4.69) is 15.4 Å². The smallest absolute Gasteiger partial charge is 0.333 e. The van der Waals surface area contributed by atoms with Crippen molar-refractivity contribution in [1.29, 1.82) is 0 Å². The molecule has 2 rings (SSSR count). The van der Waals surface area contributed by atoms with Crippen LogP contribution in [0, 0.1) is 5.21 Å². The van der Waals surface area contributed by atoms with Gasteiger partial charge in [0.25, 0.3) is 5.91 Å². The second-order valence-corrected chi connectivity index (χ2v) is 5.88. The van der Waals surface area contributed by atoms with Crippen molar-refractivity contribution in [2.45, 2.75) is 19.8 Å². The topological polar surface area (TPSA) is 149 Å². The van der Waals surface area contributed by atoms with E-state index in [0.717, 1.165) is 11.4 Å². The molecule has 1 aromatic heterocycles. The number of hydrogen-bond donors (Lipinski definition) is 4. The molecule has 1 atom stereocenters. The third kappa shape index (κ3) is 6.13. The Kier molecular flexibility index (Phi) is 7.57. The lowest BCUT2D eigenvalue weighted by molar-refractivity contribution is -0.991. The van der Waals surface area contributed by atoms with Crippen molar-refractivity contribution in [3.05, 3.63) is 58.8 Å². The fourth-order valence-corrected chi connectivity index (χ4v) is 2.26. The van der Waals surface area contributed by atoms with Crippen molar-refractivity contribution in [3.8, 4) is 0 Å². The lowest BCUT2D eigenvalue weighted by Crippen LogP contribution is -2.99. The molecule has 148 valence electrons. The SMILES string of the molecule is CCCCN(NC(=O)c1cc(/C=C/c2cccc([NH+]([O-])O)c2)ncn1)C(N)=O. The molecular formula is C18H22N6O4. The number of primary amides is 1. The molecule has 0 aliphatic heterocycles. The molecule has 0 aliphatic carbocycles. The van der Waals surface area contributed by atoms with E-state index in [1.165, 1.54) is 24.5 Å². The largest absolute Gasteiger partial charge is 0.595 e. The quantitative estimate of drug-likeness (QED) is 0.519. The first kappa shape index (κ1) is 21.0. The van der Waals surface area contributed by atoms with Crippen molar-refractivity contribution >= 4 is 29.8 Å². The highest BCUT2D eigenvalue weighted by molar-refractivity contribution is 5.93. The minimum absolute atomic E-state index is 0.0664. The maximum atomic E-state index is 12.3. The van der Waals surface area contributed by atoms with Gasteiger partial charge in [-0.15, -0.1) is 0 Å². The average Bonchev–Trinajstić information content (AvgIpc) is 2.69. The number of urea groups is 1. The number of aromatic nitrogens is 2. The van der Waals surface area contributed by atoms with Crippen LogP contribution in [0.3, 0.4) is 0 Å². The van der Waals surface area contributed by atoms with Crippen LogP contribution >= 0.6 is 0 Å². The van der Waals surface area contributed by atoms with Crippen molar-refractivity contribution < 1.29 is 20.0 Å². The molecule has 28 heavy (non-hydrogen) atoms. The van der Waals surface area contributed by atoms with E-state index in [9.17, 15) is 14.8 Å². The highest BCUT2D eigenvalue weighted by Crippen LogP contribution is 2.10. The molecule has 10 nitrogen and oxygen atoms in total. The summed E-state index contributed by atoms with van der Waals surface area (Å²) in [7, 11) is 0. The standard InChI is InChI=1S/C18H22N6O4/c1-2-3-9-23(18(19)26)22-17(25)16-11-14(20-12-21-16)8-7-13-5-4-6-15(10-13)24(27)28/h4-8,10-12,24,27H,2-3,9H2,1H3,(H2,19,26)(H,22,25)/b8-7+. The number of nitrogens with zero attached hydrogens (tertiary/aromatic N) is 3. The van der Waals surface area contributed by atoms with Gasteiger partial charge in [-0.1, -0.05) is 31.6 Å². The number of carbonyl (C=O) groups is 2. The first-order chi connectivity index (χ1) is 13.4. The third-order valence-electron chi connectivity index (χ3n) is 3.74. The van der Waals surface area contributed by atoms with Gasteiger partial charge >= 0.3 is 6.03 Å². The fourth-order valence-electron chi connectivity index (χ4n) is 2.26. The molecule has 0 bridgehead atoms. The molecule has 5 N–H and O–H groups in total. The summed E-state index contributed by atoms with van der Waals surface area (Å²) >= 11 is 0. The number of unbranched alkanes of at least 4 members (excludes halogenated alkanes) is 1. The Hall–Kier alpha value is -3.34. The summed E-state index contributed by atoms with van der Waals surface area (Å²) in [4.78, 5) is 31.7. The van der Waals surface area contributed by atoms with Crippen LogP contribution in [0.5, 0.6) is 0 Å². The molecule has 1 heterocycles. The summed E-state index contributed by atoms with van der Waals surface area (Å²) in [6.07, 6.45) is 6.06. The van der Waals surface area contributed by atoms with Crippen LogP contribution in [0.2, 0.25) is 0 Å². The molecule has 10 heteroatoms. The molecule has 0 radical (unpaired) electrons. The van der Waals surface area contributed by atoms with Crippen LogP contribution in [0.1, 0.15) is 41.5 Å². The molecule has 3 amide bonds. The summed E-state index contributed by atoms with van der Waals surface area (Å²) in [5, 5.41) is 20.1. The Bertz CT molecular complexity index is 855. The van der Waals surface area contributed by atoms with Crippen molar-refractivity contribution in [2.75, 3.05) is 6.54 Å². The molecule has 2 aromatic rings. The first-order valence-electron chi connectivity index (χ1n) is 8.62. The van der Waals surface area contributed by atoms with Gasteiger partial charge in [-0.05, 0) is 24.1 Å². The third-order valence-corrected chi connectivity index (χ3v) is 3.74. The highest BCUT2D eigenvalue weighted by atomic mass is 16.8. The zero-order valence-electron chi connectivity index (χ0n) is 15.3. The molecular weight excluding hydrogens is 364 g/mol. The summed E-state index contributed by atoms with van der Waals surface area (Å²) in [5.74, 6) is -0.583. The number of rotatable bonds is 7. The normalized spacial score (nSPS) is 12.0. The second kappa shape index (κ2) is 10.1. The minimum Gasteiger partial charge on any atom is -0.595 e. The van der Waals surface area contributed by atoms with Gasteiger partial charge in [0.05, 0.1) is 5.69 Å². The first-order valence-corrected chi connectivity index (χ1v) is 8.62. The van der Waals surface area contributed by atoms with Crippen LogP contribution in [0.15, 0.2) is 36.7 Å². The van der Waals surface area contributed by atoms with E-state index in [4.69, 9.17) is 10.9 Å². The van der Waals surface area contributed by atoms with Gasteiger partial charge in [-0.25, -0.2) is 25.0 Å². The Balaban J connectivity index is 2.11. The Morgan fingerprint density at radius 3 is 2.79 bits per heavy atom. The Morgan fingerprint density at radius 2 is 2.11 bits per heavy atom. The number of benzene rings is 1. The van der Waals surface area contributed by atoms with E-state index in [1.54, 1.807) is 24.3 Å². The Labute approximate surface area is 161 Å². The Morgan fingerprint density at radius 1 is 1.32 bits per heavy atom. The van der Waals surface area contributed by atoms with Gasteiger partial charge in [-0.2, -0.15) is 5.23 Å².